The monoisotopic (exact) mass is 858 g/mol. The fraction of sp³-hybridized carbons (Fsp3) is 0.872. The van der Waals surface area contributed by atoms with Gasteiger partial charge >= 0.3 is 27.6 Å². The number of hydrogen-bond donors (Lipinski definition) is 6. The average molecular weight is 859 g/mol. The lowest BCUT2D eigenvalue weighted by Crippen LogP contribution is -2.30. The number of rotatable bonds is 35. The highest BCUT2D eigenvalue weighted by Gasteiger charge is 2.39. The number of phosphoric ester groups is 2. The molecule has 8 atom stereocenters. The normalized spacial score (nSPS) is 20.6. The van der Waals surface area contributed by atoms with Crippen LogP contribution in [0.15, 0.2) is 12.2 Å². The Morgan fingerprint density at radius 3 is 2.00 bits per heavy atom. The van der Waals surface area contributed by atoms with Crippen molar-refractivity contribution < 1.29 is 76.6 Å². The largest absolute Gasteiger partial charge is 0.472 e. The summed E-state index contributed by atoms with van der Waals surface area (Å²) >= 11 is 0. The van der Waals surface area contributed by atoms with E-state index in [9.17, 15) is 43.7 Å². The van der Waals surface area contributed by atoms with E-state index in [2.05, 4.69) is 29.8 Å². The van der Waals surface area contributed by atoms with Gasteiger partial charge in [0.15, 0.2) is 6.10 Å². The molecule has 0 bridgehead atoms. The van der Waals surface area contributed by atoms with Gasteiger partial charge in [0.2, 0.25) is 0 Å². The summed E-state index contributed by atoms with van der Waals surface area (Å²) in [6.07, 6.45) is 14.4. The van der Waals surface area contributed by atoms with E-state index >= 15 is 0 Å². The summed E-state index contributed by atoms with van der Waals surface area (Å²) in [5.74, 6) is -1.15. The Morgan fingerprint density at radius 1 is 0.772 bits per heavy atom. The fourth-order valence-corrected chi connectivity index (χ4v) is 7.62. The number of hydrogen-bond acceptors (Lipinski definition) is 13. The third-order valence-corrected chi connectivity index (χ3v) is 11.5. The Hall–Kier alpha value is -1.55. The number of allylic oxidation sites excluding steroid dienone is 1. The maximum Gasteiger partial charge on any atom is 0.472 e. The zero-order valence-corrected chi connectivity index (χ0v) is 36.1. The van der Waals surface area contributed by atoms with Gasteiger partial charge in [0, 0.05) is 25.2 Å². The quantitative estimate of drug-likeness (QED) is 0.0170. The molecule has 6 N–H and O–H groups in total. The van der Waals surface area contributed by atoms with E-state index in [0.29, 0.717) is 32.1 Å². The lowest BCUT2D eigenvalue weighted by atomic mass is 9.88. The molecule has 0 aromatic heterocycles. The van der Waals surface area contributed by atoms with Crippen LogP contribution < -0.4 is 0 Å². The van der Waals surface area contributed by atoms with Crippen LogP contribution in [0.25, 0.3) is 0 Å². The first-order chi connectivity index (χ1) is 27.0. The van der Waals surface area contributed by atoms with Crippen LogP contribution in [-0.2, 0) is 46.6 Å². The van der Waals surface area contributed by atoms with Crippen molar-refractivity contribution >= 4 is 33.4 Å². The lowest BCUT2D eigenvalue weighted by molar-refractivity contribution is -0.161. The molecule has 1 saturated carbocycles. The van der Waals surface area contributed by atoms with Gasteiger partial charge < -0.3 is 39.5 Å². The molecule has 0 saturated heterocycles. The van der Waals surface area contributed by atoms with Crippen LogP contribution in [0.5, 0.6) is 0 Å². The SMILES string of the molecule is CCCCC[C@H](O)/C=C/[C@H]1C(=O)C[C@H](O)[C@@H]1CCCCCCC(=O)OC[C@H](COP(=O)(O)OC[C@@H](O)COP(=O)(O)O)OC(=O)CCCCCCCCC(C)CC. The first-order valence-corrected chi connectivity index (χ1v) is 23.9. The van der Waals surface area contributed by atoms with Gasteiger partial charge in [-0.3, -0.25) is 28.0 Å². The maximum absolute atomic E-state index is 12.6. The highest BCUT2D eigenvalue weighted by molar-refractivity contribution is 7.47. The van der Waals surface area contributed by atoms with Crippen LogP contribution in [0.4, 0.5) is 0 Å². The van der Waals surface area contributed by atoms with Crippen LogP contribution >= 0.6 is 15.6 Å². The minimum Gasteiger partial charge on any atom is -0.462 e. The summed E-state index contributed by atoms with van der Waals surface area (Å²) in [5.41, 5.74) is 0. The molecule has 0 radical (unpaired) electrons. The molecule has 0 aromatic rings. The number of carbonyl (C=O) groups excluding carboxylic acids is 3. The molecule has 1 aliphatic rings. The zero-order chi connectivity index (χ0) is 42.7. The van der Waals surface area contributed by atoms with Crippen LogP contribution in [0, 0.1) is 17.8 Å². The van der Waals surface area contributed by atoms with Crippen molar-refractivity contribution in [3.05, 3.63) is 12.2 Å². The number of Topliss-reactive ketones (excluding diaryl/α,β-unsaturated/α-hetero) is 1. The van der Waals surface area contributed by atoms with Crippen molar-refractivity contribution in [1.29, 1.82) is 0 Å². The number of aliphatic hydroxyl groups is 3. The van der Waals surface area contributed by atoms with Crippen LogP contribution in [-0.4, -0.2) is 98.6 Å². The van der Waals surface area contributed by atoms with Crippen LogP contribution in [0.1, 0.15) is 149 Å². The third-order valence-electron chi connectivity index (χ3n) is 10.1. The van der Waals surface area contributed by atoms with E-state index in [1.165, 1.54) is 19.3 Å². The number of carbonyl (C=O) groups is 3. The van der Waals surface area contributed by atoms with Gasteiger partial charge in [-0.2, -0.15) is 0 Å². The van der Waals surface area contributed by atoms with Crippen molar-refractivity contribution in [3.63, 3.8) is 0 Å². The van der Waals surface area contributed by atoms with E-state index in [4.69, 9.17) is 23.8 Å². The molecule has 1 aliphatic carbocycles. The molecule has 0 spiro atoms. The molecule has 18 heteroatoms. The van der Waals surface area contributed by atoms with E-state index < -0.39 is 84.3 Å². The minimum atomic E-state index is -4.89. The zero-order valence-electron chi connectivity index (χ0n) is 34.3. The summed E-state index contributed by atoms with van der Waals surface area (Å²) < 4.78 is 47.6. The second-order valence-corrected chi connectivity index (χ2v) is 18.0. The Bertz CT molecular complexity index is 1240. The van der Waals surface area contributed by atoms with Crippen molar-refractivity contribution in [2.75, 3.05) is 26.4 Å². The Balaban J connectivity index is 2.56. The lowest BCUT2D eigenvalue weighted by Gasteiger charge is -2.20. The van der Waals surface area contributed by atoms with Crippen molar-refractivity contribution in [1.82, 2.24) is 0 Å². The molecule has 16 nitrogen and oxygen atoms in total. The highest BCUT2D eigenvalue weighted by Crippen LogP contribution is 2.44. The van der Waals surface area contributed by atoms with Crippen LogP contribution in [0.2, 0.25) is 0 Å². The standard InChI is InChI=1S/C39H72O16P2/c1-4-6-13-19-31(40)23-24-35-34(36(42)25-37(35)43)20-15-11-12-16-21-38(44)51-28-33(29-54-57(49,50)53-27-32(41)26-52-56(46,47)48)55-39(45)22-17-10-8-7-9-14-18-30(3)5-2/h23-24,30-36,40-42H,4-22,25-29H2,1-3H3,(H,49,50)(H2,46,47,48)/b24-23+/t30?,31-,32-,33+,34+,35+,36-/m0/s1. The smallest absolute Gasteiger partial charge is 0.462 e. The third kappa shape index (κ3) is 27.8. The summed E-state index contributed by atoms with van der Waals surface area (Å²) in [7, 11) is -9.74. The molecular weight excluding hydrogens is 786 g/mol. The fourth-order valence-electron chi connectivity index (χ4n) is 6.46. The molecule has 1 rings (SSSR count). The van der Waals surface area contributed by atoms with E-state index in [0.717, 1.165) is 63.7 Å². The molecule has 0 aliphatic heterocycles. The first-order valence-electron chi connectivity index (χ1n) is 20.9. The number of aliphatic hydroxyl groups excluding tert-OH is 3. The van der Waals surface area contributed by atoms with Crippen molar-refractivity contribution in [2.45, 2.75) is 174 Å². The second-order valence-electron chi connectivity index (χ2n) is 15.3. The van der Waals surface area contributed by atoms with Gasteiger partial charge in [0.1, 0.15) is 18.5 Å². The summed E-state index contributed by atoms with van der Waals surface area (Å²) in [4.78, 5) is 65.2. The predicted molar refractivity (Wildman–Crippen MR) is 213 cm³/mol. The molecule has 57 heavy (non-hydrogen) atoms. The Kier molecular flexibility index (Phi) is 28.6. The van der Waals surface area contributed by atoms with E-state index in [1.54, 1.807) is 12.2 Å². The first kappa shape index (κ1) is 53.5. The van der Waals surface area contributed by atoms with E-state index in [1.807, 2.05) is 0 Å². The molecule has 0 amide bonds. The molecule has 334 valence electrons. The molecular formula is C39H72O16P2. The number of esters is 2. The molecule has 0 heterocycles. The van der Waals surface area contributed by atoms with Crippen molar-refractivity contribution in [3.8, 4) is 0 Å². The van der Waals surface area contributed by atoms with E-state index in [-0.39, 0.29) is 31.0 Å². The number of ketones is 1. The Labute approximate surface area is 339 Å². The average Bonchev–Trinajstić information content (AvgIpc) is 3.42. The summed E-state index contributed by atoms with van der Waals surface area (Å²) in [5, 5.41) is 30.5. The summed E-state index contributed by atoms with van der Waals surface area (Å²) in [6, 6.07) is 0. The van der Waals surface area contributed by atoms with Gasteiger partial charge in [-0.05, 0) is 37.5 Å². The highest BCUT2D eigenvalue weighted by atomic mass is 31.2. The van der Waals surface area contributed by atoms with Gasteiger partial charge in [0.25, 0.3) is 0 Å². The molecule has 2 unspecified atom stereocenters. The topological polar surface area (TPSA) is 253 Å². The predicted octanol–water partition coefficient (Wildman–Crippen LogP) is 6.62. The maximum atomic E-state index is 12.6. The van der Waals surface area contributed by atoms with Gasteiger partial charge in [0.05, 0.1) is 32.0 Å². The summed E-state index contributed by atoms with van der Waals surface area (Å²) in [6.45, 7) is 3.61. The minimum absolute atomic E-state index is 0.0286. The van der Waals surface area contributed by atoms with Gasteiger partial charge in [-0.1, -0.05) is 116 Å². The Morgan fingerprint density at radius 2 is 1.35 bits per heavy atom. The van der Waals surface area contributed by atoms with Gasteiger partial charge in [-0.25, -0.2) is 9.13 Å². The van der Waals surface area contributed by atoms with Crippen LogP contribution in [0.3, 0.4) is 0 Å². The number of ether oxygens (including phenoxy) is 2. The molecule has 1 fully saturated rings. The number of unbranched alkanes of at least 4 members (excludes halogenated alkanes) is 10. The van der Waals surface area contributed by atoms with Crippen molar-refractivity contribution in [2.24, 2.45) is 17.8 Å². The van der Waals surface area contributed by atoms with Gasteiger partial charge in [-0.15, -0.1) is 0 Å². The molecule has 0 aromatic carbocycles. The second kappa shape index (κ2) is 30.5. The number of phosphoric acid groups is 2.